The molecule has 0 amide bonds. The highest BCUT2D eigenvalue weighted by molar-refractivity contribution is 8.19. The van der Waals surface area contributed by atoms with Gasteiger partial charge in [-0.15, -0.1) is 11.3 Å². The molecule has 1 saturated heterocycles. The highest BCUT2D eigenvalue weighted by atomic mass is 32.2. The quantitative estimate of drug-likeness (QED) is 0.817. The van der Waals surface area contributed by atoms with Crippen LogP contribution in [0.3, 0.4) is 0 Å². The maximum absolute atomic E-state index is 12.6. The molecule has 1 aliphatic heterocycles. The molecule has 0 saturated carbocycles. The van der Waals surface area contributed by atoms with Gasteiger partial charge in [0.15, 0.2) is 17.3 Å². The molecule has 2 heterocycles. The van der Waals surface area contributed by atoms with Crippen molar-refractivity contribution in [2.75, 3.05) is 13.7 Å². The molecule has 1 aromatic carbocycles. The van der Waals surface area contributed by atoms with Crippen molar-refractivity contribution in [1.82, 2.24) is 4.98 Å². The van der Waals surface area contributed by atoms with Crippen LogP contribution in [-0.4, -0.2) is 29.5 Å². The normalized spacial score (nSPS) is 19.1. The van der Waals surface area contributed by atoms with E-state index in [9.17, 15) is 4.79 Å². The molecule has 0 bridgehead atoms. The number of carbonyl (C=O) groups is 1. The minimum Gasteiger partial charge on any atom is -0.493 e. The molecule has 0 unspecified atom stereocenters. The van der Waals surface area contributed by atoms with Gasteiger partial charge in [-0.3, -0.25) is 10.2 Å². The van der Waals surface area contributed by atoms with Crippen LogP contribution in [0.4, 0.5) is 0 Å². The molecule has 0 aliphatic carbocycles. The van der Waals surface area contributed by atoms with Gasteiger partial charge in [-0.1, -0.05) is 17.8 Å². The van der Waals surface area contributed by atoms with E-state index in [0.717, 1.165) is 5.56 Å². The molecule has 1 fully saturated rings. The van der Waals surface area contributed by atoms with Crippen LogP contribution in [0.25, 0.3) is 6.08 Å². The van der Waals surface area contributed by atoms with E-state index in [1.165, 1.54) is 23.1 Å². The van der Waals surface area contributed by atoms with Crippen molar-refractivity contribution in [2.45, 2.75) is 12.8 Å². The number of nitrogens with one attached hydrogen (secondary N) is 1. The Labute approximate surface area is 148 Å². The molecule has 2 aromatic rings. The van der Waals surface area contributed by atoms with Gasteiger partial charge >= 0.3 is 0 Å². The summed E-state index contributed by atoms with van der Waals surface area (Å²) in [7, 11) is 1.59. The van der Waals surface area contributed by atoms with E-state index in [0.29, 0.717) is 33.1 Å². The molecule has 124 valence electrons. The van der Waals surface area contributed by atoms with Crippen LogP contribution in [0, 0.1) is 5.41 Å². The first-order valence-electron chi connectivity index (χ1n) is 7.36. The van der Waals surface area contributed by atoms with Gasteiger partial charge in [0.2, 0.25) is 0 Å². The van der Waals surface area contributed by atoms with Crippen LogP contribution >= 0.6 is 23.1 Å². The van der Waals surface area contributed by atoms with E-state index in [4.69, 9.17) is 14.9 Å². The lowest BCUT2D eigenvalue weighted by Gasteiger charge is -2.09. The van der Waals surface area contributed by atoms with Gasteiger partial charge < -0.3 is 9.47 Å². The summed E-state index contributed by atoms with van der Waals surface area (Å²) in [6.07, 6.45) is 3.45. The number of ether oxygens (including phenoxy) is 2. The lowest BCUT2D eigenvalue weighted by Crippen LogP contribution is -2.11. The van der Waals surface area contributed by atoms with Crippen molar-refractivity contribution in [3.05, 3.63) is 45.3 Å². The smallest absolute Gasteiger partial charge is 0.186 e. The number of methoxy groups -OCH3 is 1. The number of hydrogen-bond donors (Lipinski definition) is 1. The molecule has 7 heteroatoms. The van der Waals surface area contributed by atoms with Crippen LogP contribution in [-0.2, 0) is 4.79 Å². The van der Waals surface area contributed by atoms with Crippen molar-refractivity contribution in [3.8, 4) is 11.5 Å². The van der Waals surface area contributed by atoms with E-state index < -0.39 is 5.92 Å². The predicted molar refractivity (Wildman–Crippen MR) is 97.3 cm³/mol. The van der Waals surface area contributed by atoms with E-state index in [1.807, 2.05) is 30.5 Å². The maximum atomic E-state index is 12.6. The fraction of sp³-hybridized carbons (Fsp3) is 0.235. The molecule has 1 aliphatic rings. The Morgan fingerprint density at radius 2 is 2.21 bits per heavy atom. The highest BCUT2D eigenvalue weighted by Gasteiger charge is 2.38. The Morgan fingerprint density at radius 3 is 2.88 bits per heavy atom. The summed E-state index contributed by atoms with van der Waals surface area (Å²) in [4.78, 5) is 17.4. The van der Waals surface area contributed by atoms with Gasteiger partial charge in [0.05, 0.1) is 23.7 Å². The Morgan fingerprint density at radius 1 is 1.38 bits per heavy atom. The van der Waals surface area contributed by atoms with Gasteiger partial charge in [-0.25, -0.2) is 4.98 Å². The van der Waals surface area contributed by atoms with Crippen LogP contribution in [0.1, 0.15) is 23.4 Å². The number of aromatic nitrogens is 1. The largest absolute Gasteiger partial charge is 0.493 e. The molecule has 24 heavy (non-hydrogen) atoms. The number of ketones is 1. The third-order valence-corrected chi connectivity index (χ3v) is 5.31. The molecular formula is C17H16N2O3S2. The summed E-state index contributed by atoms with van der Waals surface area (Å²) in [6, 6.07) is 5.51. The van der Waals surface area contributed by atoms with Crippen LogP contribution < -0.4 is 9.47 Å². The zero-order chi connectivity index (χ0) is 17.1. The zero-order valence-electron chi connectivity index (χ0n) is 13.2. The third-order valence-electron chi connectivity index (χ3n) is 3.47. The number of Topliss-reactive ketones (excluding diaryl/α,β-unsaturated/α-hetero) is 1. The standard InChI is InChI=1S/C17H16N2O3S2/c1-3-22-12-8-10(4-5-11(12)21-2)9-13-15(20)14(16(18)24-13)17-19-6-7-23-17/h4-9,14,18H,3H2,1-2H3/b13-9-,18-16?/t14-/m0/s1. The van der Waals surface area contributed by atoms with E-state index in [2.05, 4.69) is 4.98 Å². The van der Waals surface area contributed by atoms with E-state index >= 15 is 0 Å². The van der Waals surface area contributed by atoms with Gasteiger partial charge in [0.25, 0.3) is 0 Å². The number of rotatable bonds is 5. The number of nitrogens with zero attached hydrogens (tertiary/aromatic N) is 1. The minimum atomic E-state index is -0.564. The predicted octanol–water partition coefficient (Wildman–Crippen LogP) is 3.97. The number of thioether (sulfide) groups is 1. The molecule has 5 nitrogen and oxygen atoms in total. The second-order valence-corrected chi connectivity index (χ2v) is 7.00. The van der Waals surface area contributed by atoms with Gasteiger partial charge in [0, 0.05) is 11.6 Å². The molecule has 1 aromatic heterocycles. The summed E-state index contributed by atoms with van der Waals surface area (Å²) in [5.41, 5.74) is 0.836. The first kappa shape index (κ1) is 16.7. The third kappa shape index (κ3) is 3.22. The summed E-state index contributed by atoms with van der Waals surface area (Å²) in [5.74, 6) is 0.647. The molecule has 0 spiro atoms. The zero-order valence-corrected chi connectivity index (χ0v) is 14.9. The number of allylic oxidation sites excluding steroid dienone is 1. The summed E-state index contributed by atoms with van der Waals surface area (Å²) < 4.78 is 10.8. The maximum Gasteiger partial charge on any atom is 0.186 e. The molecular weight excluding hydrogens is 344 g/mol. The topological polar surface area (TPSA) is 72.3 Å². The van der Waals surface area contributed by atoms with Gasteiger partial charge in [-0.05, 0) is 30.7 Å². The lowest BCUT2D eigenvalue weighted by atomic mass is 10.0. The fourth-order valence-corrected chi connectivity index (χ4v) is 4.20. The first-order valence-corrected chi connectivity index (χ1v) is 9.06. The van der Waals surface area contributed by atoms with Crippen molar-refractivity contribution >= 4 is 40.0 Å². The number of benzene rings is 1. The SMILES string of the molecule is CCOc1cc(/C=C2\SC(=N)[C@@H](c3nccs3)C2=O)ccc1OC. The van der Waals surface area contributed by atoms with E-state index in [-0.39, 0.29) is 5.78 Å². The van der Waals surface area contributed by atoms with Crippen LogP contribution in [0.15, 0.2) is 34.7 Å². The highest BCUT2D eigenvalue weighted by Crippen LogP contribution is 2.41. The Bertz CT molecular complexity index is 800. The average molecular weight is 360 g/mol. The van der Waals surface area contributed by atoms with Crippen molar-refractivity contribution in [2.24, 2.45) is 0 Å². The summed E-state index contributed by atoms with van der Waals surface area (Å²) >= 11 is 2.59. The Kier molecular flexibility index (Phi) is 5.01. The fourth-order valence-electron chi connectivity index (χ4n) is 2.39. The van der Waals surface area contributed by atoms with Gasteiger partial charge in [0.1, 0.15) is 10.9 Å². The van der Waals surface area contributed by atoms with Crippen LogP contribution in [0.5, 0.6) is 11.5 Å². The van der Waals surface area contributed by atoms with Crippen LogP contribution in [0.2, 0.25) is 0 Å². The second-order valence-electron chi connectivity index (χ2n) is 4.99. The summed E-state index contributed by atoms with van der Waals surface area (Å²) in [5, 5.41) is 10.9. The van der Waals surface area contributed by atoms with Gasteiger partial charge in [-0.2, -0.15) is 0 Å². The number of carbonyl (C=O) groups excluding carboxylic acids is 1. The van der Waals surface area contributed by atoms with Crippen molar-refractivity contribution < 1.29 is 14.3 Å². The molecule has 0 radical (unpaired) electrons. The van der Waals surface area contributed by atoms with E-state index in [1.54, 1.807) is 19.4 Å². The summed E-state index contributed by atoms with van der Waals surface area (Å²) in [6.45, 7) is 2.43. The first-order chi connectivity index (χ1) is 11.6. The minimum absolute atomic E-state index is 0.0753. The lowest BCUT2D eigenvalue weighted by molar-refractivity contribution is -0.114. The molecule has 1 atom stereocenters. The van der Waals surface area contributed by atoms with Crippen molar-refractivity contribution in [3.63, 3.8) is 0 Å². The Balaban J connectivity index is 1.90. The number of hydrogen-bond acceptors (Lipinski definition) is 7. The molecule has 1 N–H and O–H groups in total. The Hall–Kier alpha value is -2.12. The monoisotopic (exact) mass is 360 g/mol. The number of thiazole rings is 1. The molecule has 3 rings (SSSR count). The van der Waals surface area contributed by atoms with Crippen molar-refractivity contribution in [1.29, 1.82) is 5.41 Å². The average Bonchev–Trinajstić information content (AvgIpc) is 3.17. The second kappa shape index (κ2) is 7.19.